The fourth-order valence-corrected chi connectivity index (χ4v) is 18.2. The number of benzene rings is 17. The Labute approximate surface area is 738 Å². The molecule has 0 bridgehead atoms. The predicted molar refractivity (Wildman–Crippen MR) is 522 cm³/mol. The van der Waals surface area contributed by atoms with E-state index in [1.165, 1.54) is 16.7 Å². The van der Waals surface area contributed by atoms with E-state index in [4.69, 9.17) is 58.1 Å². The Morgan fingerprint density at radius 1 is 0.171 bits per heavy atom. The molecule has 0 N–H and O–H groups in total. The Morgan fingerprint density at radius 2 is 0.426 bits per heavy atom. The van der Waals surface area contributed by atoms with E-state index >= 15 is 0 Å². The van der Waals surface area contributed by atoms with Crippen LogP contribution < -0.4 is 0 Å². The van der Waals surface area contributed by atoms with Crippen molar-refractivity contribution in [3.8, 4) is 108 Å². The van der Waals surface area contributed by atoms with Gasteiger partial charge in [-0.1, -0.05) is 291 Å². The van der Waals surface area contributed by atoms with Gasteiger partial charge in [0, 0.05) is 98.0 Å². The molecule has 0 fully saturated rings. The van der Waals surface area contributed by atoms with Crippen LogP contribution in [0.2, 0.25) is 0 Å². The fourth-order valence-electron chi connectivity index (χ4n) is 18.2. The molecule has 0 spiro atoms. The minimum Gasteiger partial charge on any atom is -0.456 e. The number of para-hydroxylation sites is 7. The molecule has 0 amide bonds. The zero-order valence-electron chi connectivity index (χ0n) is 70.1. The van der Waals surface area contributed by atoms with Crippen molar-refractivity contribution in [2.24, 2.45) is 0 Å². The van der Waals surface area contributed by atoms with Crippen LogP contribution in [0.3, 0.4) is 0 Å². The molecular weight excluding hydrogens is 1590 g/mol. The number of aryl methyl sites for hydroxylation is 3. The molecule has 129 heavy (non-hydrogen) atoms. The van der Waals surface area contributed by atoms with Gasteiger partial charge < -0.3 is 13.3 Å². The first-order chi connectivity index (χ1) is 63.6. The molecule has 0 saturated carbocycles. The first kappa shape index (κ1) is 75.3. The van der Waals surface area contributed by atoms with Crippen molar-refractivity contribution < 1.29 is 13.3 Å². The smallest absolute Gasteiger partial charge is 0.238 e. The highest BCUT2D eigenvalue weighted by Gasteiger charge is 2.25. The minimum atomic E-state index is 0.576. The van der Waals surface area contributed by atoms with E-state index < -0.39 is 0 Å². The van der Waals surface area contributed by atoms with Gasteiger partial charge in [-0.15, -0.1) is 0 Å². The maximum atomic E-state index is 6.24. The zero-order chi connectivity index (χ0) is 85.7. The van der Waals surface area contributed by atoms with E-state index in [1.54, 1.807) is 0 Å². The lowest BCUT2D eigenvalue weighted by molar-refractivity contribution is 0.665. The van der Waals surface area contributed by atoms with Crippen molar-refractivity contribution in [2.45, 2.75) is 20.8 Å². The van der Waals surface area contributed by atoms with Gasteiger partial charge in [0.2, 0.25) is 17.8 Å². The average Bonchev–Trinajstić information content (AvgIpc) is 1.64. The Morgan fingerprint density at radius 3 is 0.767 bits per heavy atom. The second-order valence-corrected chi connectivity index (χ2v) is 32.6. The number of fused-ring (bicyclic) bond motifs is 18. The number of rotatable bonds is 11. The molecular formula is C114H74N12O3. The second-order valence-electron chi connectivity index (χ2n) is 32.6. The largest absolute Gasteiger partial charge is 0.456 e. The van der Waals surface area contributed by atoms with E-state index in [0.29, 0.717) is 52.8 Å². The van der Waals surface area contributed by atoms with E-state index in [0.717, 1.165) is 187 Å². The van der Waals surface area contributed by atoms with Gasteiger partial charge in [-0.25, -0.2) is 15.0 Å². The van der Waals surface area contributed by atoms with Gasteiger partial charge in [0.25, 0.3) is 0 Å². The molecule has 17 aromatic carbocycles. The monoisotopic (exact) mass is 1660 g/mol. The lowest BCUT2D eigenvalue weighted by Gasteiger charge is -2.11. The van der Waals surface area contributed by atoms with E-state index in [1.807, 2.05) is 78.9 Å². The molecule has 15 nitrogen and oxygen atoms in total. The zero-order valence-corrected chi connectivity index (χ0v) is 70.1. The van der Waals surface area contributed by atoms with Crippen LogP contribution in [0.5, 0.6) is 0 Å². The maximum Gasteiger partial charge on any atom is 0.238 e. The number of hydrogen-bond donors (Lipinski definition) is 0. The number of hydrogen-bond acceptors (Lipinski definition) is 12. The number of nitrogens with zero attached hydrogens (tertiary/aromatic N) is 12. The molecule has 0 radical (unpaired) electrons. The van der Waals surface area contributed by atoms with Crippen molar-refractivity contribution in [1.29, 1.82) is 0 Å². The molecule has 26 aromatic rings. The third kappa shape index (κ3) is 13.4. The summed E-state index contributed by atoms with van der Waals surface area (Å²) >= 11 is 0. The van der Waals surface area contributed by atoms with Crippen molar-refractivity contribution in [3.63, 3.8) is 0 Å². The molecule has 0 aliphatic heterocycles. The topological polar surface area (TPSA) is 170 Å². The summed E-state index contributed by atoms with van der Waals surface area (Å²) < 4.78 is 25.0. The summed E-state index contributed by atoms with van der Waals surface area (Å²) in [4.78, 5) is 45.7. The summed E-state index contributed by atoms with van der Waals surface area (Å²) in [6.45, 7) is 6.22. The van der Waals surface area contributed by atoms with Crippen LogP contribution in [0.25, 0.3) is 240 Å². The fraction of sp³-hybridized carbons (Fsp3) is 0.0263. The summed E-state index contributed by atoms with van der Waals surface area (Å²) in [5, 5.41) is 13.3. The first-order valence-electron chi connectivity index (χ1n) is 43.0. The van der Waals surface area contributed by atoms with Crippen LogP contribution in [-0.2, 0) is 0 Å². The van der Waals surface area contributed by atoms with Crippen LogP contribution >= 0.6 is 0 Å². The van der Waals surface area contributed by atoms with Gasteiger partial charge in [0.05, 0.1) is 33.1 Å². The standard InChI is InChI=1S/2C40H26N4O.C34H22N4O/c1-25-10-9-15-32-33-24-29(22-23-36(33)45-37(25)32)39-41-38(28-20-18-27(19-21-28)26-11-3-2-4-12-26)42-40(43-39)44-34-16-7-5-13-30(34)31-14-6-8-17-35(31)44;1-25-15-21-32-33-24-29(20-22-36(33)45-37(32)23-25)39-41-38(28-18-16-27(17-19-28)26-9-3-2-4-10-26)42-40(43-39)44-34-13-7-5-11-30(34)31-12-6-8-14-35(31)44;1-21-15-17-26-27-20-23(16-18-30(27)39-31(26)19-21)33-35-32(22-9-3-2-4-10-22)36-34(37-33)38-28-13-7-5-11-24(28)25-12-6-8-14-29(25)38/h2*2-24H,1H3;2-20H,1H3. The molecule has 9 aromatic heterocycles. The Balaban J connectivity index is 0.000000108. The second kappa shape index (κ2) is 31.1. The number of furan rings is 3. The summed E-state index contributed by atoms with van der Waals surface area (Å²) in [5.41, 5.74) is 25.1. The molecule has 0 atom stereocenters. The van der Waals surface area contributed by atoms with Crippen molar-refractivity contribution in [2.75, 3.05) is 0 Å². The molecule has 0 saturated heterocycles. The average molecular weight is 1660 g/mol. The lowest BCUT2D eigenvalue weighted by Crippen LogP contribution is -2.06. The van der Waals surface area contributed by atoms with Crippen LogP contribution in [0.15, 0.2) is 408 Å². The third-order valence-corrected chi connectivity index (χ3v) is 24.5. The van der Waals surface area contributed by atoms with Gasteiger partial charge in [0.1, 0.15) is 33.5 Å². The normalized spacial score (nSPS) is 11.7. The van der Waals surface area contributed by atoms with Gasteiger partial charge >= 0.3 is 0 Å². The predicted octanol–water partition coefficient (Wildman–Crippen LogP) is 28.9. The van der Waals surface area contributed by atoms with Crippen LogP contribution in [-0.4, -0.2) is 58.6 Å². The Hall–Kier alpha value is -17.4. The van der Waals surface area contributed by atoms with Crippen LogP contribution in [0.4, 0.5) is 0 Å². The van der Waals surface area contributed by atoms with Crippen LogP contribution in [0.1, 0.15) is 16.7 Å². The SMILES string of the molecule is Cc1ccc2c(c1)oc1ccc(-c3nc(-c4ccc(-c5ccccc5)cc4)nc(-n4c5ccccc5c5ccccc54)n3)cc12.Cc1ccc2c(c1)oc1ccc(-c3nc(-c4ccccc4)nc(-n4c5ccccc5c5ccccc54)n3)cc12.Cc1cccc2c1oc1ccc(-c3nc(-c4ccc(-c5ccccc5)cc4)nc(-n4c5ccccc5c5ccccc54)n3)cc12. The Kier molecular flexibility index (Phi) is 18.2. The highest BCUT2D eigenvalue weighted by atomic mass is 16.3. The highest BCUT2D eigenvalue weighted by Crippen LogP contribution is 2.42. The lowest BCUT2D eigenvalue weighted by atomic mass is 10.0. The minimum absolute atomic E-state index is 0.576. The summed E-state index contributed by atoms with van der Waals surface area (Å²) in [7, 11) is 0. The number of aromatic nitrogens is 12. The van der Waals surface area contributed by atoms with E-state index in [9.17, 15) is 0 Å². The third-order valence-electron chi connectivity index (χ3n) is 24.5. The van der Waals surface area contributed by atoms with Gasteiger partial charge in [-0.05, 0) is 163 Å². The molecule has 0 aliphatic rings. The summed E-state index contributed by atoms with van der Waals surface area (Å²) in [6, 6.07) is 135. The van der Waals surface area contributed by atoms with Crippen molar-refractivity contribution in [3.05, 3.63) is 411 Å². The molecule has 9 heterocycles. The van der Waals surface area contributed by atoms with Crippen molar-refractivity contribution >= 4 is 131 Å². The highest BCUT2D eigenvalue weighted by molar-refractivity contribution is 6.13. The molecule has 15 heteroatoms. The van der Waals surface area contributed by atoms with E-state index in [2.05, 4.69) is 350 Å². The quantitative estimate of drug-likeness (QED) is 0.120. The van der Waals surface area contributed by atoms with Crippen LogP contribution in [0, 0.1) is 20.8 Å². The van der Waals surface area contributed by atoms with Gasteiger partial charge in [-0.2, -0.15) is 29.9 Å². The summed E-state index contributed by atoms with van der Waals surface area (Å²) in [6.07, 6.45) is 0. The molecule has 0 unspecified atom stereocenters. The first-order valence-corrected chi connectivity index (χ1v) is 43.0. The van der Waals surface area contributed by atoms with Crippen molar-refractivity contribution in [1.82, 2.24) is 58.6 Å². The van der Waals surface area contributed by atoms with Gasteiger partial charge in [0.15, 0.2) is 34.9 Å². The summed E-state index contributed by atoms with van der Waals surface area (Å²) in [5.74, 6) is 5.42. The Bertz CT molecular complexity index is 8760. The molecule has 0 aliphatic carbocycles. The molecule has 608 valence electrons. The van der Waals surface area contributed by atoms with Gasteiger partial charge in [-0.3, -0.25) is 13.7 Å². The maximum absolute atomic E-state index is 6.24. The van der Waals surface area contributed by atoms with E-state index in [-0.39, 0.29) is 0 Å². The molecule has 26 rings (SSSR count).